The number of hydrogen-bond donors (Lipinski definition) is 2. The molecule has 2 fully saturated rings. The molecule has 2 aromatic heterocycles. The van der Waals surface area contributed by atoms with Crippen molar-refractivity contribution < 1.29 is 19.7 Å². The lowest BCUT2D eigenvalue weighted by molar-refractivity contribution is -0.0257. The number of halogens is 2. The number of aliphatic hydroxyl groups excluding tert-OH is 2. The SMILES string of the molecule is COc1nc(-c2cccc(-c3cccc(-c4cc5c(c(OC)n4)C(N4CC(O)C4)CC5)c3Cl)c2Cl)cc2c1C(N1CC(O)C1)CC2. The maximum absolute atomic E-state index is 9.87. The summed E-state index contributed by atoms with van der Waals surface area (Å²) < 4.78 is 11.6. The summed E-state index contributed by atoms with van der Waals surface area (Å²) >= 11 is 14.4. The number of aliphatic hydroxyl groups is 2. The minimum atomic E-state index is -0.256. The third-order valence-corrected chi connectivity index (χ3v) is 11.0. The molecular formula is C36H36Cl2N4O4. The fraction of sp³-hybridized carbons (Fsp3) is 0.389. The lowest BCUT2D eigenvalue weighted by atomic mass is 9.96. The normalized spacial score (nSPS) is 21.5. The third-order valence-electron chi connectivity index (χ3n) is 10.1. The highest BCUT2D eigenvalue weighted by Crippen LogP contribution is 2.48. The van der Waals surface area contributed by atoms with Gasteiger partial charge in [-0.3, -0.25) is 9.80 Å². The van der Waals surface area contributed by atoms with E-state index in [0.717, 1.165) is 70.5 Å². The van der Waals surface area contributed by atoms with E-state index >= 15 is 0 Å². The van der Waals surface area contributed by atoms with Gasteiger partial charge >= 0.3 is 0 Å². The van der Waals surface area contributed by atoms with Gasteiger partial charge < -0.3 is 19.7 Å². The van der Waals surface area contributed by atoms with E-state index in [4.69, 9.17) is 42.6 Å². The average Bonchev–Trinajstić information content (AvgIpc) is 3.65. The molecule has 10 heteroatoms. The van der Waals surface area contributed by atoms with Crippen molar-refractivity contribution in [3.05, 3.63) is 80.8 Å². The van der Waals surface area contributed by atoms with E-state index in [0.29, 0.717) is 48.0 Å². The summed E-state index contributed by atoms with van der Waals surface area (Å²) in [6.07, 6.45) is 3.27. The van der Waals surface area contributed by atoms with E-state index in [9.17, 15) is 10.2 Å². The van der Waals surface area contributed by atoms with E-state index < -0.39 is 0 Å². The van der Waals surface area contributed by atoms with Crippen LogP contribution in [0.5, 0.6) is 11.8 Å². The monoisotopic (exact) mass is 658 g/mol. The molecule has 2 aliphatic carbocycles. The van der Waals surface area contributed by atoms with Gasteiger partial charge in [0.2, 0.25) is 11.8 Å². The summed E-state index contributed by atoms with van der Waals surface area (Å²) in [5.41, 5.74) is 9.40. The Morgan fingerprint density at radius 3 is 1.41 bits per heavy atom. The van der Waals surface area contributed by atoms with Crippen molar-refractivity contribution in [2.45, 2.75) is 50.0 Å². The number of aromatic nitrogens is 2. The van der Waals surface area contributed by atoms with Crippen molar-refractivity contribution in [2.75, 3.05) is 40.4 Å². The highest BCUT2D eigenvalue weighted by atomic mass is 35.5. The molecule has 0 radical (unpaired) electrons. The first-order valence-electron chi connectivity index (χ1n) is 15.9. The Balaban J connectivity index is 1.15. The van der Waals surface area contributed by atoms with Crippen LogP contribution in [0.4, 0.5) is 0 Å². The van der Waals surface area contributed by atoms with Gasteiger partial charge in [-0.1, -0.05) is 59.6 Å². The summed E-state index contributed by atoms with van der Waals surface area (Å²) in [4.78, 5) is 14.5. The topological polar surface area (TPSA) is 91.2 Å². The van der Waals surface area contributed by atoms with Crippen LogP contribution in [0.3, 0.4) is 0 Å². The van der Waals surface area contributed by atoms with Crippen LogP contribution in [-0.2, 0) is 12.8 Å². The molecule has 2 aliphatic heterocycles. The molecule has 2 unspecified atom stereocenters. The number of benzene rings is 2. The highest BCUT2D eigenvalue weighted by molar-refractivity contribution is 6.39. The van der Waals surface area contributed by atoms with Crippen molar-refractivity contribution in [3.8, 4) is 45.4 Å². The Hall–Kier alpha value is -3.24. The number of pyridine rings is 2. The molecule has 46 heavy (non-hydrogen) atoms. The zero-order chi connectivity index (χ0) is 31.7. The molecular weight excluding hydrogens is 623 g/mol. The number of β-amino-alcohol motifs (C(OH)–C–C–N with tert-alkyl or cyclic N) is 2. The second kappa shape index (κ2) is 11.8. The molecule has 2 aromatic carbocycles. The van der Waals surface area contributed by atoms with Crippen molar-refractivity contribution >= 4 is 23.2 Å². The van der Waals surface area contributed by atoms with Crippen LogP contribution in [0.15, 0.2) is 48.5 Å². The first kappa shape index (κ1) is 30.1. The molecule has 2 N–H and O–H groups in total. The quantitative estimate of drug-likeness (QED) is 0.245. The van der Waals surface area contributed by atoms with Crippen LogP contribution >= 0.6 is 23.2 Å². The molecule has 238 valence electrons. The van der Waals surface area contributed by atoms with Gasteiger partial charge in [0.05, 0.1) is 47.9 Å². The Kier molecular flexibility index (Phi) is 7.71. The smallest absolute Gasteiger partial charge is 0.218 e. The Labute approximate surface area is 278 Å². The van der Waals surface area contributed by atoms with Gasteiger partial charge in [-0.25, -0.2) is 9.97 Å². The van der Waals surface area contributed by atoms with Gasteiger partial charge in [0.15, 0.2) is 0 Å². The van der Waals surface area contributed by atoms with Crippen LogP contribution < -0.4 is 9.47 Å². The van der Waals surface area contributed by atoms with E-state index in [1.54, 1.807) is 14.2 Å². The van der Waals surface area contributed by atoms with Crippen LogP contribution in [0.2, 0.25) is 10.0 Å². The van der Waals surface area contributed by atoms with E-state index in [-0.39, 0.29) is 24.3 Å². The Morgan fingerprint density at radius 1 is 0.652 bits per heavy atom. The molecule has 4 aromatic rings. The van der Waals surface area contributed by atoms with Crippen LogP contribution in [0, 0.1) is 0 Å². The number of rotatable bonds is 7. The van der Waals surface area contributed by atoms with Gasteiger partial charge in [0.25, 0.3) is 0 Å². The molecule has 0 saturated carbocycles. The van der Waals surface area contributed by atoms with Crippen molar-refractivity contribution in [3.63, 3.8) is 0 Å². The lowest BCUT2D eigenvalue weighted by Gasteiger charge is -2.40. The van der Waals surface area contributed by atoms with E-state index in [1.165, 1.54) is 11.1 Å². The van der Waals surface area contributed by atoms with Gasteiger partial charge in [0, 0.05) is 71.6 Å². The molecule has 4 heterocycles. The summed E-state index contributed by atoms with van der Waals surface area (Å²) in [7, 11) is 3.32. The van der Waals surface area contributed by atoms with Crippen LogP contribution in [-0.4, -0.2) is 82.6 Å². The fourth-order valence-corrected chi connectivity index (χ4v) is 8.49. The standard InChI is InChI=1S/C36H36Cl2N4O4/c1-45-35-31-19(9-11-29(31)41-15-21(43)16-41)13-27(39-35)25-7-3-5-23(33(25)37)24-6-4-8-26(34(24)38)28-14-20-10-12-30(42-17-22(44)18-42)32(20)36(40-28)46-2/h3-8,13-14,21-22,29-30,43-44H,9-12,15-18H2,1-2H3. The summed E-state index contributed by atoms with van der Waals surface area (Å²) in [6.45, 7) is 2.72. The predicted molar refractivity (Wildman–Crippen MR) is 179 cm³/mol. The molecule has 8 rings (SSSR count). The van der Waals surface area contributed by atoms with E-state index in [1.807, 2.05) is 36.4 Å². The Bertz CT molecular complexity index is 1710. The van der Waals surface area contributed by atoms with Gasteiger partial charge in [-0.2, -0.15) is 0 Å². The number of hydrogen-bond acceptors (Lipinski definition) is 8. The lowest BCUT2D eigenvalue weighted by Crippen LogP contribution is -2.51. The first-order chi connectivity index (χ1) is 22.3. The Morgan fingerprint density at radius 2 is 1.04 bits per heavy atom. The van der Waals surface area contributed by atoms with Crippen LogP contribution in [0.1, 0.15) is 47.2 Å². The molecule has 8 nitrogen and oxygen atoms in total. The highest BCUT2D eigenvalue weighted by Gasteiger charge is 2.39. The average molecular weight is 660 g/mol. The van der Waals surface area contributed by atoms with Crippen LogP contribution in [0.25, 0.3) is 33.6 Å². The number of aryl methyl sites for hydroxylation is 2. The van der Waals surface area contributed by atoms with Crippen molar-refractivity contribution in [1.29, 1.82) is 0 Å². The maximum Gasteiger partial charge on any atom is 0.218 e. The largest absolute Gasteiger partial charge is 0.481 e. The second-order valence-corrected chi connectivity index (χ2v) is 13.6. The second-order valence-electron chi connectivity index (χ2n) is 12.8. The molecule has 4 aliphatic rings. The summed E-state index contributed by atoms with van der Waals surface area (Å²) in [6, 6.07) is 16.6. The fourth-order valence-electron chi connectivity index (χ4n) is 7.84. The number of nitrogens with zero attached hydrogens (tertiary/aromatic N) is 4. The number of methoxy groups -OCH3 is 2. The van der Waals surface area contributed by atoms with Gasteiger partial charge in [-0.05, 0) is 48.9 Å². The molecule has 0 bridgehead atoms. The zero-order valence-electron chi connectivity index (χ0n) is 25.8. The molecule has 2 saturated heterocycles. The third kappa shape index (κ3) is 4.89. The predicted octanol–water partition coefficient (Wildman–Crippen LogP) is 6.13. The van der Waals surface area contributed by atoms with Gasteiger partial charge in [-0.15, -0.1) is 0 Å². The van der Waals surface area contributed by atoms with E-state index in [2.05, 4.69) is 21.9 Å². The molecule has 0 amide bonds. The van der Waals surface area contributed by atoms with Crippen molar-refractivity contribution in [1.82, 2.24) is 19.8 Å². The maximum atomic E-state index is 9.87. The molecule has 2 atom stereocenters. The van der Waals surface area contributed by atoms with Gasteiger partial charge in [0.1, 0.15) is 0 Å². The molecule has 0 spiro atoms. The number of likely N-dealkylation sites (tertiary alicyclic amines) is 2. The zero-order valence-corrected chi connectivity index (χ0v) is 27.4. The first-order valence-corrected chi connectivity index (χ1v) is 16.7. The summed E-state index contributed by atoms with van der Waals surface area (Å²) in [5, 5.41) is 20.9. The number of fused-ring (bicyclic) bond motifs is 2. The minimum Gasteiger partial charge on any atom is -0.481 e. The van der Waals surface area contributed by atoms with Crippen molar-refractivity contribution in [2.24, 2.45) is 0 Å². The summed E-state index contributed by atoms with van der Waals surface area (Å²) in [5.74, 6) is 1.23. The number of ether oxygens (including phenoxy) is 2. The minimum absolute atomic E-state index is 0.208.